The molecule has 0 aliphatic rings. The molecule has 0 saturated heterocycles. The van der Waals surface area contributed by atoms with Crippen molar-refractivity contribution in [3.8, 4) is 0 Å². The Morgan fingerprint density at radius 2 is 1.95 bits per heavy atom. The van der Waals surface area contributed by atoms with Crippen LogP contribution in [0.1, 0.15) is 42.9 Å². The van der Waals surface area contributed by atoms with E-state index in [9.17, 15) is 14.7 Å². The maximum atomic E-state index is 12.1. The molecule has 1 amide bonds. The Morgan fingerprint density at radius 3 is 2.37 bits per heavy atom. The number of hydrogen-bond acceptors (Lipinski definition) is 4. The van der Waals surface area contributed by atoms with Crippen LogP contribution in [0.3, 0.4) is 0 Å². The number of hydrogen-bond donors (Lipinski definition) is 2. The Balaban J connectivity index is 3.03. The summed E-state index contributed by atoms with van der Waals surface area (Å²) >= 11 is 5.68. The van der Waals surface area contributed by atoms with E-state index in [0.717, 1.165) is 0 Å². The van der Waals surface area contributed by atoms with Crippen LogP contribution in [-0.2, 0) is 4.79 Å². The minimum atomic E-state index is -1.29. The number of carboxylic acids is 1. The summed E-state index contributed by atoms with van der Waals surface area (Å²) < 4.78 is 0. The number of aryl methyl sites for hydroxylation is 1. The van der Waals surface area contributed by atoms with Crippen molar-refractivity contribution in [3.05, 3.63) is 22.7 Å². The second-order valence-corrected chi connectivity index (χ2v) is 4.55. The van der Waals surface area contributed by atoms with E-state index >= 15 is 0 Å². The number of halogens is 1. The molecule has 0 fully saturated rings. The number of carbonyl (C=O) groups is 2. The highest BCUT2D eigenvalue weighted by molar-refractivity contribution is 6.28. The van der Waals surface area contributed by atoms with Crippen LogP contribution < -0.4 is 5.32 Å². The van der Waals surface area contributed by atoms with Crippen LogP contribution in [0, 0.1) is 6.92 Å². The summed E-state index contributed by atoms with van der Waals surface area (Å²) in [4.78, 5) is 31.0. The first kappa shape index (κ1) is 15.4. The van der Waals surface area contributed by atoms with Crippen molar-refractivity contribution < 1.29 is 14.7 Å². The van der Waals surface area contributed by atoms with Gasteiger partial charge in [0.05, 0.1) is 0 Å². The van der Waals surface area contributed by atoms with Gasteiger partial charge in [-0.05, 0) is 37.4 Å². The van der Waals surface area contributed by atoms with E-state index in [-0.39, 0.29) is 23.8 Å². The lowest BCUT2D eigenvalue weighted by Crippen LogP contribution is -2.53. The smallest absolute Gasteiger partial charge is 0.329 e. The second-order valence-electron chi connectivity index (χ2n) is 4.21. The van der Waals surface area contributed by atoms with Gasteiger partial charge in [-0.3, -0.25) is 4.79 Å². The molecular formula is C12H16ClN3O3. The lowest BCUT2D eigenvalue weighted by molar-refractivity contribution is -0.144. The van der Waals surface area contributed by atoms with E-state index in [2.05, 4.69) is 15.3 Å². The quantitative estimate of drug-likeness (QED) is 0.805. The van der Waals surface area contributed by atoms with Gasteiger partial charge in [0.25, 0.3) is 5.91 Å². The van der Waals surface area contributed by atoms with Crippen molar-refractivity contribution in [1.29, 1.82) is 0 Å². The number of carboxylic acid groups (broad SMARTS) is 1. The van der Waals surface area contributed by atoms with Gasteiger partial charge in [-0.2, -0.15) is 0 Å². The number of amides is 1. The third-order valence-corrected chi connectivity index (χ3v) is 3.20. The minimum Gasteiger partial charge on any atom is -0.480 e. The number of nitrogens with one attached hydrogen (secondary N) is 1. The molecule has 1 heterocycles. The van der Waals surface area contributed by atoms with E-state index in [4.69, 9.17) is 11.6 Å². The van der Waals surface area contributed by atoms with Crippen molar-refractivity contribution in [3.63, 3.8) is 0 Å². The average Bonchev–Trinajstić information content (AvgIpc) is 2.34. The topological polar surface area (TPSA) is 92.2 Å². The Kier molecular flexibility index (Phi) is 4.83. The summed E-state index contributed by atoms with van der Waals surface area (Å²) in [5.74, 6) is -1.64. The highest BCUT2D eigenvalue weighted by Crippen LogP contribution is 2.16. The van der Waals surface area contributed by atoms with Crippen molar-refractivity contribution in [2.45, 2.75) is 39.2 Å². The zero-order valence-corrected chi connectivity index (χ0v) is 11.8. The van der Waals surface area contributed by atoms with Crippen LogP contribution in [0.2, 0.25) is 5.28 Å². The zero-order chi connectivity index (χ0) is 14.6. The number of nitrogens with zero attached hydrogens (tertiary/aromatic N) is 2. The number of aromatic nitrogens is 2. The van der Waals surface area contributed by atoms with Gasteiger partial charge in [0.15, 0.2) is 0 Å². The third kappa shape index (κ3) is 3.41. The number of aliphatic carboxylic acids is 1. The normalized spacial score (nSPS) is 11.2. The van der Waals surface area contributed by atoms with Crippen LogP contribution in [0.25, 0.3) is 0 Å². The molecule has 1 aromatic heterocycles. The highest BCUT2D eigenvalue weighted by Gasteiger charge is 2.36. The lowest BCUT2D eigenvalue weighted by atomic mass is 9.93. The Bertz CT molecular complexity index is 481. The molecule has 0 aromatic carbocycles. The molecule has 0 aliphatic carbocycles. The first-order valence-corrected chi connectivity index (χ1v) is 6.29. The molecule has 104 valence electrons. The van der Waals surface area contributed by atoms with Gasteiger partial charge in [0, 0.05) is 5.69 Å². The largest absolute Gasteiger partial charge is 0.480 e. The molecule has 19 heavy (non-hydrogen) atoms. The molecule has 0 unspecified atom stereocenters. The van der Waals surface area contributed by atoms with E-state index < -0.39 is 17.4 Å². The van der Waals surface area contributed by atoms with Crippen LogP contribution in [0.4, 0.5) is 0 Å². The van der Waals surface area contributed by atoms with Gasteiger partial charge in [-0.1, -0.05) is 13.8 Å². The standard InChI is InChI=1S/C12H16ClN3O3/c1-4-12(5-2,10(18)19)16-9(17)8-6-7(3)14-11(13)15-8/h6H,4-5H2,1-3H3,(H,16,17)(H,18,19). The molecule has 7 heteroatoms. The van der Waals surface area contributed by atoms with E-state index in [1.54, 1.807) is 20.8 Å². The molecule has 1 rings (SSSR count). The summed E-state index contributed by atoms with van der Waals surface area (Å²) in [6.07, 6.45) is 0.560. The van der Waals surface area contributed by atoms with Crippen LogP contribution in [-0.4, -0.2) is 32.5 Å². The fraction of sp³-hybridized carbons (Fsp3) is 0.500. The summed E-state index contributed by atoms with van der Waals surface area (Å²) in [5.41, 5.74) is -0.688. The first-order valence-electron chi connectivity index (χ1n) is 5.91. The summed E-state index contributed by atoms with van der Waals surface area (Å²) in [6.45, 7) is 5.08. The summed E-state index contributed by atoms with van der Waals surface area (Å²) in [6, 6.07) is 1.46. The molecule has 0 bridgehead atoms. The molecule has 0 spiro atoms. The van der Waals surface area contributed by atoms with Crippen LogP contribution in [0.15, 0.2) is 6.07 Å². The van der Waals surface area contributed by atoms with Gasteiger partial charge in [0.2, 0.25) is 5.28 Å². The van der Waals surface area contributed by atoms with Gasteiger partial charge in [0.1, 0.15) is 11.2 Å². The predicted molar refractivity (Wildman–Crippen MR) is 70.2 cm³/mol. The zero-order valence-electron chi connectivity index (χ0n) is 11.0. The highest BCUT2D eigenvalue weighted by atomic mass is 35.5. The predicted octanol–water partition coefficient (Wildman–Crippen LogP) is 1.81. The number of rotatable bonds is 5. The molecular weight excluding hydrogens is 270 g/mol. The fourth-order valence-corrected chi connectivity index (χ4v) is 1.94. The third-order valence-electron chi connectivity index (χ3n) is 3.03. The summed E-state index contributed by atoms with van der Waals surface area (Å²) in [7, 11) is 0. The summed E-state index contributed by atoms with van der Waals surface area (Å²) in [5, 5.41) is 11.7. The van der Waals surface area contributed by atoms with Crippen molar-refractivity contribution in [2.75, 3.05) is 0 Å². The Labute approximate surface area is 116 Å². The molecule has 0 radical (unpaired) electrons. The molecule has 6 nitrogen and oxygen atoms in total. The van der Waals surface area contributed by atoms with Crippen LogP contribution in [0.5, 0.6) is 0 Å². The molecule has 1 aromatic rings. The lowest BCUT2D eigenvalue weighted by Gasteiger charge is -2.27. The number of carbonyl (C=O) groups excluding carboxylic acids is 1. The SMILES string of the molecule is CCC(CC)(NC(=O)c1cc(C)nc(Cl)n1)C(=O)O. The fourth-order valence-electron chi connectivity index (χ4n) is 1.71. The van der Waals surface area contributed by atoms with Gasteiger partial charge in [-0.15, -0.1) is 0 Å². The Morgan fingerprint density at radius 1 is 1.37 bits per heavy atom. The van der Waals surface area contributed by atoms with Gasteiger partial charge in [-0.25, -0.2) is 14.8 Å². The minimum absolute atomic E-state index is 0.0425. The molecule has 0 aliphatic heterocycles. The first-order chi connectivity index (χ1) is 8.84. The van der Waals surface area contributed by atoms with Crippen LogP contribution >= 0.6 is 11.6 Å². The Hall–Kier alpha value is -1.69. The van der Waals surface area contributed by atoms with Gasteiger partial charge >= 0.3 is 5.97 Å². The van der Waals surface area contributed by atoms with Crippen molar-refractivity contribution >= 4 is 23.5 Å². The average molecular weight is 286 g/mol. The molecule has 0 saturated carbocycles. The van der Waals surface area contributed by atoms with E-state index in [1.807, 2.05) is 0 Å². The van der Waals surface area contributed by atoms with Gasteiger partial charge < -0.3 is 10.4 Å². The van der Waals surface area contributed by atoms with Crippen molar-refractivity contribution in [2.24, 2.45) is 0 Å². The molecule has 2 N–H and O–H groups in total. The second kappa shape index (κ2) is 5.97. The molecule has 0 atom stereocenters. The van der Waals surface area contributed by atoms with E-state index in [0.29, 0.717) is 5.69 Å². The maximum Gasteiger partial charge on any atom is 0.329 e. The van der Waals surface area contributed by atoms with E-state index in [1.165, 1.54) is 6.07 Å². The maximum absolute atomic E-state index is 12.1. The van der Waals surface area contributed by atoms with Crippen molar-refractivity contribution in [1.82, 2.24) is 15.3 Å². The monoisotopic (exact) mass is 285 g/mol.